The van der Waals surface area contributed by atoms with Crippen molar-refractivity contribution in [2.45, 2.75) is 63.4 Å². The van der Waals surface area contributed by atoms with E-state index in [-0.39, 0.29) is 17.9 Å². The Morgan fingerprint density at radius 2 is 1.65 bits per heavy atom. The summed E-state index contributed by atoms with van der Waals surface area (Å²) in [6, 6.07) is 25.5. The Balaban J connectivity index is 1.56. The highest BCUT2D eigenvalue weighted by Crippen LogP contribution is 2.22. The molecule has 1 N–H and O–H groups in total. The van der Waals surface area contributed by atoms with E-state index in [2.05, 4.69) is 36.5 Å². The number of carbonyl (C=O) groups excluding carboxylic acids is 2. The van der Waals surface area contributed by atoms with E-state index in [0.29, 0.717) is 23.7 Å². The fraction of sp³-hybridized carbons (Fsp3) is 0.355. The second kappa shape index (κ2) is 13.7. The average Bonchev–Trinajstić information content (AvgIpc) is 3.41. The van der Waals surface area contributed by atoms with E-state index in [1.165, 1.54) is 11.1 Å². The molecule has 0 aliphatic heterocycles. The first-order valence-electron chi connectivity index (χ1n) is 13.0. The van der Waals surface area contributed by atoms with Crippen molar-refractivity contribution in [3.8, 4) is 0 Å². The molecule has 0 heterocycles. The molecule has 4 rings (SSSR count). The van der Waals surface area contributed by atoms with Gasteiger partial charge < -0.3 is 10.2 Å². The molecule has 2 amide bonds. The van der Waals surface area contributed by atoms with Crippen LogP contribution in [0.25, 0.3) is 0 Å². The number of benzene rings is 3. The third-order valence-corrected chi connectivity index (χ3v) is 8.05. The molecule has 1 saturated carbocycles. The number of thioether (sulfide) groups is 1. The van der Waals surface area contributed by atoms with Crippen LogP contribution in [0.3, 0.4) is 0 Å². The molecular formula is C31H35ClN2O2S. The first-order chi connectivity index (χ1) is 18.0. The molecule has 0 radical (unpaired) electrons. The standard InChI is InChI=1S/C31H35ClN2O2S/c1-23-14-16-25(17-15-23)21-37-22-30(35)34(20-26-10-7-11-27(32)18-26)29(19-24-8-3-2-4-9-24)31(36)33-28-12-5-6-13-28/h2-4,7-11,14-18,28-29H,5-6,12-13,19-22H2,1H3,(H,33,36). The first-order valence-corrected chi connectivity index (χ1v) is 14.5. The van der Waals surface area contributed by atoms with Crippen molar-refractivity contribution in [3.63, 3.8) is 0 Å². The van der Waals surface area contributed by atoms with Crippen LogP contribution in [-0.2, 0) is 28.3 Å². The summed E-state index contributed by atoms with van der Waals surface area (Å²) in [6.45, 7) is 2.40. The van der Waals surface area contributed by atoms with Gasteiger partial charge in [-0.25, -0.2) is 0 Å². The van der Waals surface area contributed by atoms with E-state index < -0.39 is 6.04 Å². The summed E-state index contributed by atoms with van der Waals surface area (Å²) in [5, 5.41) is 3.87. The smallest absolute Gasteiger partial charge is 0.243 e. The predicted molar refractivity (Wildman–Crippen MR) is 154 cm³/mol. The van der Waals surface area contributed by atoms with Crippen LogP contribution in [0.4, 0.5) is 0 Å². The van der Waals surface area contributed by atoms with Gasteiger partial charge in [-0.3, -0.25) is 9.59 Å². The van der Waals surface area contributed by atoms with Crippen molar-refractivity contribution in [1.82, 2.24) is 10.2 Å². The fourth-order valence-electron chi connectivity index (χ4n) is 4.78. The minimum atomic E-state index is -0.602. The lowest BCUT2D eigenvalue weighted by Gasteiger charge is -2.32. The molecule has 1 aliphatic rings. The molecule has 3 aromatic carbocycles. The maximum Gasteiger partial charge on any atom is 0.243 e. The highest BCUT2D eigenvalue weighted by atomic mass is 35.5. The second-order valence-electron chi connectivity index (χ2n) is 9.83. The number of hydrogen-bond donors (Lipinski definition) is 1. The number of aryl methyl sites for hydroxylation is 1. The molecule has 0 spiro atoms. The van der Waals surface area contributed by atoms with Crippen LogP contribution in [0.15, 0.2) is 78.9 Å². The Labute approximate surface area is 229 Å². The van der Waals surface area contributed by atoms with E-state index in [1.54, 1.807) is 16.7 Å². The molecule has 3 aromatic rings. The highest BCUT2D eigenvalue weighted by Gasteiger charge is 2.32. The van der Waals surface area contributed by atoms with E-state index in [0.717, 1.165) is 42.6 Å². The Morgan fingerprint density at radius 3 is 2.35 bits per heavy atom. The van der Waals surface area contributed by atoms with Crippen LogP contribution < -0.4 is 5.32 Å². The van der Waals surface area contributed by atoms with Gasteiger partial charge in [-0.2, -0.15) is 0 Å². The average molecular weight is 535 g/mol. The van der Waals surface area contributed by atoms with Crippen LogP contribution in [-0.4, -0.2) is 34.6 Å². The Bertz CT molecular complexity index is 1160. The molecule has 194 valence electrons. The van der Waals surface area contributed by atoms with Gasteiger partial charge >= 0.3 is 0 Å². The van der Waals surface area contributed by atoms with Crippen LogP contribution in [0.5, 0.6) is 0 Å². The third-order valence-electron chi connectivity index (χ3n) is 6.83. The number of amides is 2. The molecule has 6 heteroatoms. The van der Waals surface area contributed by atoms with Gasteiger partial charge in [0.15, 0.2) is 0 Å². The molecule has 0 aromatic heterocycles. The number of halogens is 1. The summed E-state index contributed by atoms with van der Waals surface area (Å²) in [4.78, 5) is 29.2. The van der Waals surface area contributed by atoms with Crippen LogP contribution >= 0.6 is 23.4 Å². The van der Waals surface area contributed by atoms with Crippen LogP contribution in [0, 0.1) is 6.92 Å². The largest absolute Gasteiger partial charge is 0.352 e. The zero-order valence-electron chi connectivity index (χ0n) is 21.4. The summed E-state index contributed by atoms with van der Waals surface area (Å²) in [6.07, 6.45) is 4.73. The maximum absolute atomic E-state index is 13.7. The van der Waals surface area contributed by atoms with Crippen LogP contribution in [0.2, 0.25) is 5.02 Å². The van der Waals surface area contributed by atoms with Gasteiger partial charge in [0.2, 0.25) is 11.8 Å². The van der Waals surface area contributed by atoms with Gasteiger partial charge in [-0.05, 0) is 48.6 Å². The lowest BCUT2D eigenvalue weighted by Crippen LogP contribution is -2.52. The van der Waals surface area contributed by atoms with Gasteiger partial charge in [0.05, 0.1) is 5.75 Å². The zero-order chi connectivity index (χ0) is 26.0. The summed E-state index contributed by atoms with van der Waals surface area (Å²) in [5.41, 5.74) is 4.35. The highest BCUT2D eigenvalue weighted by molar-refractivity contribution is 7.99. The van der Waals surface area contributed by atoms with Crippen molar-refractivity contribution >= 4 is 35.2 Å². The lowest BCUT2D eigenvalue weighted by atomic mass is 10.0. The summed E-state index contributed by atoms with van der Waals surface area (Å²) < 4.78 is 0. The molecule has 1 fully saturated rings. The summed E-state index contributed by atoms with van der Waals surface area (Å²) in [7, 11) is 0. The number of hydrogen-bond acceptors (Lipinski definition) is 3. The van der Waals surface area contributed by atoms with E-state index in [4.69, 9.17) is 11.6 Å². The monoisotopic (exact) mass is 534 g/mol. The van der Waals surface area contributed by atoms with E-state index in [1.807, 2.05) is 54.6 Å². The fourth-order valence-corrected chi connectivity index (χ4v) is 5.86. The number of nitrogens with zero attached hydrogens (tertiary/aromatic N) is 1. The van der Waals surface area contributed by atoms with Crippen LogP contribution in [0.1, 0.15) is 47.9 Å². The number of rotatable bonds is 11. The predicted octanol–water partition coefficient (Wildman–Crippen LogP) is 6.58. The molecular weight excluding hydrogens is 500 g/mol. The maximum atomic E-state index is 13.7. The third kappa shape index (κ3) is 8.37. The number of nitrogens with one attached hydrogen (secondary N) is 1. The normalized spacial score (nSPS) is 14.3. The van der Waals surface area contributed by atoms with E-state index >= 15 is 0 Å². The summed E-state index contributed by atoms with van der Waals surface area (Å²) >= 11 is 7.85. The van der Waals surface area contributed by atoms with Crippen molar-refractivity contribution in [3.05, 3.63) is 106 Å². The lowest BCUT2D eigenvalue weighted by molar-refractivity contribution is -0.139. The summed E-state index contributed by atoms with van der Waals surface area (Å²) in [5.74, 6) is 0.930. The van der Waals surface area contributed by atoms with Gasteiger partial charge in [0, 0.05) is 29.8 Å². The molecule has 1 atom stereocenters. The topological polar surface area (TPSA) is 49.4 Å². The van der Waals surface area contributed by atoms with Crippen molar-refractivity contribution in [1.29, 1.82) is 0 Å². The van der Waals surface area contributed by atoms with E-state index in [9.17, 15) is 9.59 Å². The molecule has 1 unspecified atom stereocenters. The van der Waals surface area contributed by atoms with Gasteiger partial charge in [-0.1, -0.05) is 96.7 Å². The van der Waals surface area contributed by atoms with Crippen molar-refractivity contribution in [2.75, 3.05) is 5.75 Å². The first kappa shape index (κ1) is 27.3. The quantitative estimate of drug-likeness (QED) is 0.302. The SMILES string of the molecule is Cc1ccc(CSCC(=O)N(Cc2cccc(Cl)c2)C(Cc2ccccc2)C(=O)NC2CCCC2)cc1. The molecule has 0 bridgehead atoms. The minimum Gasteiger partial charge on any atom is -0.352 e. The van der Waals surface area contributed by atoms with Gasteiger partial charge in [0.25, 0.3) is 0 Å². The molecule has 1 aliphatic carbocycles. The zero-order valence-corrected chi connectivity index (χ0v) is 22.9. The minimum absolute atomic E-state index is 0.0420. The van der Waals surface area contributed by atoms with Crippen molar-refractivity contribution < 1.29 is 9.59 Å². The molecule has 4 nitrogen and oxygen atoms in total. The Hall–Kier alpha value is -2.76. The second-order valence-corrected chi connectivity index (χ2v) is 11.2. The number of carbonyl (C=O) groups is 2. The molecule has 37 heavy (non-hydrogen) atoms. The van der Waals surface area contributed by atoms with Gasteiger partial charge in [0.1, 0.15) is 6.04 Å². The van der Waals surface area contributed by atoms with Gasteiger partial charge in [-0.15, -0.1) is 11.8 Å². The van der Waals surface area contributed by atoms with Crippen molar-refractivity contribution in [2.24, 2.45) is 0 Å². The molecule has 0 saturated heterocycles. The Kier molecular flexibility index (Phi) is 10.1. The Morgan fingerprint density at radius 1 is 0.946 bits per heavy atom.